The maximum absolute atomic E-state index is 13.2. The molecule has 0 spiro atoms. The van der Waals surface area contributed by atoms with Crippen LogP contribution < -0.4 is 14.8 Å². The first kappa shape index (κ1) is 28.5. The summed E-state index contributed by atoms with van der Waals surface area (Å²) in [5, 5.41) is 3.47. The van der Waals surface area contributed by atoms with Gasteiger partial charge >= 0.3 is 6.09 Å². The standard InChI is InChI=1S/C32H36ClNO5/c1-32(2,3)39-31(36)34-17-15-22-7-6-8-26(20-22)37-18-16-30-28(35)21-24(19-23-11-13-25(33)14-12-23)27-9-4-5-10-29(27)38-30/h4-14,20,24,30H,15-19,21H2,1-3H3,(H,34,36). The lowest BCUT2D eigenvalue weighted by Gasteiger charge is -2.19. The molecule has 6 nitrogen and oxygen atoms in total. The zero-order chi connectivity index (χ0) is 27.8. The number of ketones is 1. The first-order valence-corrected chi connectivity index (χ1v) is 13.8. The van der Waals surface area contributed by atoms with E-state index in [1.54, 1.807) is 0 Å². The molecular weight excluding hydrogens is 514 g/mol. The Kier molecular flexibility index (Phi) is 9.52. The SMILES string of the molecule is CC(C)(C)OC(=O)NCCc1cccc(OCCC2Oc3ccccc3C(Cc3ccc(Cl)cc3)CC2=O)c1. The number of para-hydroxylation sites is 1. The summed E-state index contributed by atoms with van der Waals surface area (Å²) in [4.78, 5) is 25.1. The summed E-state index contributed by atoms with van der Waals surface area (Å²) < 4.78 is 17.5. The van der Waals surface area contributed by atoms with Crippen LogP contribution in [0.2, 0.25) is 5.02 Å². The second-order valence-electron chi connectivity index (χ2n) is 10.8. The van der Waals surface area contributed by atoms with Crippen LogP contribution in [0.25, 0.3) is 0 Å². The van der Waals surface area contributed by atoms with Crippen molar-refractivity contribution in [3.63, 3.8) is 0 Å². The Morgan fingerprint density at radius 2 is 1.79 bits per heavy atom. The van der Waals surface area contributed by atoms with Crippen molar-refractivity contribution in [2.45, 2.75) is 64.1 Å². The Bertz CT molecular complexity index is 1270. The average molecular weight is 550 g/mol. The minimum Gasteiger partial charge on any atom is -0.493 e. The number of alkyl carbamates (subject to hydrolysis) is 1. The molecule has 206 valence electrons. The van der Waals surface area contributed by atoms with Crippen molar-refractivity contribution < 1.29 is 23.8 Å². The van der Waals surface area contributed by atoms with E-state index in [9.17, 15) is 9.59 Å². The van der Waals surface area contributed by atoms with Crippen molar-refractivity contribution in [1.29, 1.82) is 0 Å². The molecule has 4 rings (SSSR count). The highest BCUT2D eigenvalue weighted by atomic mass is 35.5. The molecule has 0 radical (unpaired) electrons. The van der Waals surface area contributed by atoms with Crippen LogP contribution in [0.5, 0.6) is 11.5 Å². The molecule has 2 unspecified atom stereocenters. The van der Waals surface area contributed by atoms with Crippen molar-refractivity contribution in [2.24, 2.45) is 0 Å². The third-order valence-electron chi connectivity index (χ3n) is 6.46. The number of fused-ring (bicyclic) bond motifs is 1. The minimum atomic E-state index is -0.567. The van der Waals surface area contributed by atoms with Crippen LogP contribution in [0.15, 0.2) is 72.8 Å². The van der Waals surface area contributed by atoms with Gasteiger partial charge in [-0.1, -0.05) is 54.1 Å². The Morgan fingerprint density at radius 1 is 1.03 bits per heavy atom. The molecule has 1 aliphatic heterocycles. The fourth-order valence-electron chi connectivity index (χ4n) is 4.63. The van der Waals surface area contributed by atoms with Gasteiger partial charge in [0.15, 0.2) is 11.9 Å². The molecule has 0 aliphatic carbocycles. The summed E-state index contributed by atoms with van der Waals surface area (Å²) in [6, 6.07) is 23.4. The molecule has 1 amide bonds. The summed E-state index contributed by atoms with van der Waals surface area (Å²) in [5.41, 5.74) is 2.69. The summed E-state index contributed by atoms with van der Waals surface area (Å²) in [6.45, 7) is 6.30. The average Bonchev–Trinajstić information content (AvgIpc) is 3.01. The van der Waals surface area contributed by atoms with Gasteiger partial charge in [0.05, 0.1) is 6.61 Å². The lowest BCUT2D eigenvalue weighted by molar-refractivity contribution is -0.126. The fourth-order valence-corrected chi connectivity index (χ4v) is 4.76. The molecule has 0 saturated heterocycles. The highest BCUT2D eigenvalue weighted by Gasteiger charge is 2.31. The molecule has 2 atom stereocenters. The smallest absolute Gasteiger partial charge is 0.407 e. The highest BCUT2D eigenvalue weighted by Crippen LogP contribution is 2.36. The van der Waals surface area contributed by atoms with Gasteiger partial charge in [0.25, 0.3) is 0 Å². The summed E-state index contributed by atoms with van der Waals surface area (Å²) in [7, 11) is 0. The number of halogens is 1. The molecule has 0 saturated carbocycles. The van der Waals surface area contributed by atoms with Crippen molar-refractivity contribution in [1.82, 2.24) is 5.32 Å². The van der Waals surface area contributed by atoms with E-state index in [0.29, 0.717) is 43.2 Å². The number of Topliss-reactive ketones (excluding diaryl/α,β-unsaturated/α-hetero) is 1. The maximum atomic E-state index is 13.2. The van der Waals surface area contributed by atoms with E-state index in [1.807, 2.05) is 93.6 Å². The molecule has 3 aromatic carbocycles. The van der Waals surface area contributed by atoms with E-state index in [4.69, 9.17) is 25.8 Å². The van der Waals surface area contributed by atoms with Gasteiger partial charge in [-0.25, -0.2) is 4.79 Å². The normalized spacial score (nSPS) is 17.0. The second-order valence-corrected chi connectivity index (χ2v) is 11.2. The van der Waals surface area contributed by atoms with E-state index >= 15 is 0 Å². The third kappa shape index (κ3) is 8.75. The van der Waals surface area contributed by atoms with Crippen LogP contribution in [0.3, 0.4) is 0 Å². The van der Waals surface area contributed by atoms with Crippen molar-refractivity contribution in [3.8, 4) is 11.5 Å². The van der Waals surface area contributed by atoms with Gasteiger partial charge in [-0.2, -0.15) is 0 Å². The molecule has 1 heterocycles. The topological polar surface area (TPSA) is 73.9 Å². The molecular formula is C32H36ClNO5. The predicted molar refractivity (Wildman–Crippen MR) is 153 cm³/mol. The van der Waals surface area contributed by atoms with Crippen molar-refractivity contribution in [3.05, 3.63) is 94.5 Å². The number of rotatable bonds is 9. The van der Waals surface area contributed by atoms with Crippen LogP contribution in [0.1, 0.15) is 56.2 Å². The van der Waals surface area contributed by atoms with Gasteiger partial charge in [-0.05, 0) is 86.6 Å². The van der Waals surface area contributed by atoms with Gasteiger partial charge in [0, 0.05) is 24.4 Å². The van der Waals surface area contributed by atoms with Crippen molar-refractivity contribution in [2.75, 3.05) is 13.2 Å². The van der Waals surface area contributed by atoms with Crippen LogP contribution in [-0.4, -0.2) is 36.7 Å². The Labute approximate surface area is 235 Å². The third-order valence-corrected chi connectivity index (χ3v) is 6.71. The number of hydrogen-bond donors (Lipinski definition) is 1. The number of amides is 1. The monoisotopic (exact) mass is 549 g/mol. The van der Waals surface area contributed by atoms with Gasteiger partial charge in [0.2, 0.25) is 0 Å². The van der Waals surface area contributed by atoms with E-state index in [2.05, 4.69) is 5.32 Å². The van der Waals surface area contributed by atoms with E-state index in [-0.39, 0.29) is 11.7 Å². The number of carbonyl (C=O) groups is 2. The largest absolute Gasteiger partial charge is 0.493 e. The fraction of sp³-hybridized carbons (Fsp3) is 0.375. The van der Waals surface area contributed by atoms with Gasteiger partial charge in [0.1, 0.15) is 17.1 Å². The number of benzene rings is 3. The summed E-state index contributed by atoms with van der Waals surface area (Å²) in [6.07, 6.45) is 1.24. The first-order chi connectivity index (χ1) is 18.7. The number of hydrogen-bond acceptors (Lipinski definition) is 5. The number of carbonyl (C=O) groups excluding carboxylic acids is 2. The lowest BCUT2D eigenvalue weighted by atomic mass is 9.87. The van der Waals surface area contributed by atoms with E-state index < -0.39 is 17.8 Å². The van der Waals surface area contributed by atoms with Crippen LogP contribution in [-0.2, 0) is 22.4 Å². The summed E-state index contributed by atoms with van der Waals surface area (Å²) >= 11 is 6.05. The molecule has 0 fully saturated rings. The molecule has 1 aliphatic rings. The second kappa shape index (κ2) is 13.0. The highest BCUT2D eigenvalue weighted by molar-refractivity contribution is 6.30. The molecule has 39 heavy (non-hydrogen) atoms. The van der Waals surface area contributed by atoms with Gasteiger partial charge < -0.3 is 19.5 Å². The molecule has 1 N–H and O–H groups in total. The summed E-state index contributed by atoms with van der Waals surface area (Å²) in [5.74, 6) is 1.58. The number of ether oxygens (including phenoxy) is 3. The Hall–Kier alpha value is -3.51. The lowest BCUT2D eigenvalue weighted by Crippen LogP contribution is -2.33. The predicted octanol–water partition coefficient (Wildman–Crippen LogP) is 6.92. The van der Waals surface area contributed by atoms with Crippen LogP contribution >= 0.6 is 11.6 Å². The zero-order valence-corrected chi connectivity index (χ0v) is 23.5. The Morgan fingerprint density at radius 3 is 2.56 bits per heavy atom. The first-order valence-electron chi connectivity index (χ1n) is 13.4. The minimum absolute atomic E-state index is 0.0340. The van der Waals surface area contributed by atoms with Gasteiger partial charge in [-0.15, -0.1) is 0 Å². The van der Waals surface area contributed by atoms with E-state index in [0.717, 1.165) is 28.9 Å². The van der Waals surface area contributed by atoms with E-state index in [1.165, 1.54) is 0 Å². The quantitative estimate of drug-likeness (QED) is 0.313. The molecule has 3 aromatic rings. The zero-order valence-electron chi connectivity index (χ0n) is 22.7. The van der Waals surface area contributed by atoms with Crippen molar-refractivity contribution >= 4 is 23.5 Å². The maximum Gasteiger partial charge on any atom is 0.407 e. The van der Waals surface area contributed by atoms with Crippen LogP contribution in [0, 0.1) is 0 Å². The van der Waals surface area contributed by atoms with Gasteiger partial charge in [-0.3, -0.25) is 4.79 Å². The number of nitrogens with one attached hydrogen (secondary N) is 1. The molecule has 7 heteroatoms. The van der Waals surface area contributed by atoms with Crippen LogP contribution in [0.4, 0.5) is 4.79 Å². The molecule has 0 aromatic heterocycles. The molecule has 0 bridgehead atoms. The Balaban J connectivity index is 1.31.